The molecule has 6 aromatic rings. The second-order valence-electron chi connectivity index (χ2n) is 7.40. The smallest absolute Gasteiger partial charge is 0.183 e. The van der Waals surface area contributed by atoms with E-state index in [0.29, 0.717) is 6.61 Å². The minimum absolute atomic E-state index is 0.640. The van der Waals surface area contributed by atoms with Crippen LogP contribution in [0.5, 0.6) is 5.06 Å². The Balaban J connectivity index is 1.67. The van der Waals surface area contributed by atoms with E-state index in [0.717, 1.165) is 26.9 Å². The molecule has 0 atom stereocenters. The number of thiophene rings is 2. The SMILES string of the molecule is CCOc1sc2ccccc2c1-c1sc(-c2ccccc2)nc1-c1csc2ccccc12. The molecule has 0 bridgehead atoms. The summed E-state index contributed by atoms with van der Waals surface area (Å²) >= 11 is 5.24. The molecule has 0 aliphatic rings. The topological polar surface area (TPSA) is 22.1 Å². The third-order valence-corrected chi connectivity index (χ3v) is 8.62. The van der Waals surface area contributed by atoms with E-state index >= 15 is 0 Å². The molecular formula is C27H19NOS3. The summed E-state index contributed by atoms with van der Waals surface area (Å²) < 4.78 is 8.67. The van der Waals surface area contributed by atoms with Gasteiger partial charge in [0.05, 0.1) is 22.7 Å². The number of benzene rings is 3. The number of hydrogen-bond acceptors (Lipinski definition) is 5. The van der Waals surface area contributed by atoms with Crippen LogP contribution >= 0.6 is 34.0 Å². The van der Waals surface area contributed by atoms with E-state index in [9.17, 15) is 0 Å². The summed E-state index contributed by atoms with van der Waals surface area (Å²) in [5, 5.41) is 6.72. The van der Waals surface area contributed by atoms with Crippen molar-refractivity contribution >= 4 is 54.2 Å². The molecule has 3 heterocycles. The van der Waals surface area contributed by atoms with Gasteiger partial charge in [0.1, 0.15) is 5.01 Å². The largest absolute Gasteiger partial charge is 0.484 e. The van der Waals surface area contributed by atoms with Gasteiger partial charge in [-0.1, -0.05) is 78.1 Å². The number of rotatable bonds is 5. The quantitative estimate of drug-likeness (QED) is 0.251. The molecule has 32 heavy (non-hydrogen) atoms. The Bertz CT molecular complexity index is 1540. The van der Waals surface area contributed by atoms with Gasteiger partial charge in [-0.05, 0) is 19.1 Å². The fourth-order valence-corrected chi connectivity index (χ4v) is 7.28. The van der Waals surface area contributed by atoms with Gasteiger partial charge in [0.2, 0.25) is 0 Å². The molecule has 0 aliphatic heterocycles. The average Bonchev–Trinajstić information content (AvgIpc) is 3.54. The molecule has 0 saturated carbocycles. The van der Waals surface area contributed by atoms with E-state index in [1.807, 2.05) is 13.0 Å². The van der Waals surface area contributed by atoms with E-state index in [4.69, 9.17) is 9.72 Å². The van der Waals surface area contributed by atoms with Gasteiger partial charge in [0, 0.05) is 36.7 Å². The summed E-state index contributed by atoms with van der Waals surface area (Å²) in [6.45, 7) is 2.68. The van der Waals surface area contributed by atoms with Crippen LogP contribution < -0.4 is 4.74 Å². The average molecular weight is 470 g/mol. The monoisotopic (exact) mass is 469 g/mol. The van der Waals surface area contributed by atoms with Crippen molar-refractivity contribution in [3.05, 3.63) is 84.2 Å². The van der Waals surface area contributed by atoms with Gasteiger partial charge in [-0.2, -0.15) is 0 Å². The van der Waals surface area contributed by atoms with Crippen LogP contribution in [0.3, 0.4) is 0 Å². The van der Waals surface area contributed by atoms with Crippen LogP contribution in [0.1, 0.15) is 6.92 Å². The van der Waals surface area contributed by atoms with Crippen molar-refractivity contribution in [2.24, 2.45) is 0 Å². The summed E-state index contributed by atoms with van der Waals surface area (Å²) in [6, 6.07) is 27.6. The van der Waals surface area contributed by atoms with Crippen LogP contribution in [-0.4, -0.2) is 11.6 Å². The third kappa shape index (κ3) is 3.25. The lowest BCUT2D eigenvalue weighted by molar-refractivity contribution is 0.352. The molecule has 0 saturated heterocycles. The summed E-state index contributed by atoms with van der Waals surface area (Å²) in [6.07, 6.45) is 0. The zero-order chi connectivity index (χ0) is 21.5. The Labute approximate surface area is 198 Å². The first-order valence-corrected chi connectivity index (χ1v) is 13.0. The number of aromatic nitrogens is 1. The van der Waals surface area contributed by atoms with Gasteiger partial charge < -0.3 is 4.74 Å². The molecule has 2 nitrogen and oxygen atoms in total. The highest BCUT2D eigenvalue weighted by Gasteiger charge is 2.24. The molecule has 0 amide bonds. The fraction of sp³-hybridized carbons (Fsp3) is 0.0741. The van der Waals surface area contributed by atoms with Gasteiger partial charge in [0.25, 0.3) is 0 Å². The first kappa shape index (κ1) is 19.7. The first-order chi connectivity index (χ1) is 15.8. The molecule has 3 aromatic carbocycles. The van der Waals surface area contributed by atoms with Crippen LogP contribution in [0.2, 0.25) is 0 Å². The van der Waals surface area contributed by atoms with Crippen molar-refractivity contribution in [2.45, 2.75) is 6.92 Å². The van der Waals surface area contributed by atoms with E-state index in [1.54, 1.807) is 34.0 Å². The standard InChI is InChI=1S/C27H19NOS3/c1-2-29-27-23(19-13-7-9-15-22(19)31-27)25-24(20-16-30-21-14-8-6-12-18(20)21)28-26(32-25)17-10-4-3-5-11-17/h3-16H,2H2,1H3. The lowest BCUT2D eigenvalue weighted by Crippen LogP contribution is -1.90. The summed E-state index contributed by atoms with van der Waals surface area (Å²) in [4.78, 5) is 6.39. The van der Waals surface area contributed by atoms with Gasteiger partial charge in [-0.15, -0.1) is 22.7 Å². The Morgan fingerprint density at radius 3 is 2.31 bits per heavy atom. The molecule has 0 unspecified atom stereocenters. The maximum absolute atomic E-state index is 6.15. The van der Waals surface area contributed by atoms with Crippen LogP contribution in [0, 0.1) is 0 Å². The second kappa shape index (κ2) is 8.17. The number of hydrogen-bond donors (Lipinski definition) is 0. The van der Waals surface area contributed by atoms with Crippen molar-refractivity contribution in [3.8, 4) is 37.3 Å². The van der Waals surface area contributed by atoms with Crippen LogP contribution in [0.4, 0.5) is 0 Å². The van der Waals surface area contributed by atoms with Crippen molar-refractivity contribution in [3.63, 3.8) is 0 Å². The van der Waals surface area contributed by atoms with E-state index < -0.39 is 0 Å². The predicted octanol–water partition coefficient (Wildman–Crippen LogP) is 8.97. The molecule has 0 spiro atoms. The third-order valence-electron chi connectivity index (χ3n) is 5.45. The minimum atomic E-state index is 0.640. The lowest BCUT2D eigenvalue weighted by Gasteiger charge is -2.06. The highest BCUT2D eigenvalue weighted by molar-refractivity contribution is 7.23. The Morgan fingerprint density at radius 2 is 1.50 bits per heavy atom. The Hall–Kier alpha value is -2.99. The van der Waals surface area contributed by atoms with Gasteiger partial charge in [0.15, 0.2) is 5.06 Å². The fourth-order valence-electron chi connectivity index (χ4n) is 4.01. The molecule has 5 heteroatoms. The Morgan fingerprint density at radius 1 is 0.781 bits per heavy atom. The van der Waals surface area contributed by atoms with Gasteiger partial charge in [-0.3, -0.25) is 0 Å². The maximum atomic E-state index is 6.15. The van der Waals surface area contributed by atoms with Crippen molar-refractivity contribution in [1.82, 2.24) is 4.98 Å². The minimum Gasteiger partial charge on any atom is -0.484 e. The highest BCUT2D eigenvalue weighted by Crippen LogP contribution is 2.52. The van der Waals surface area contributed by atoms with Crippen molar-refractivity contribution in [1.29, 1.82) is 0 Å². The molecule has 3 aromatic heterocycles. The molecular weight excluding hydrogens is 451 g/mol. The number of ether oxygens (including phenoxy) is 1. The van der Waals surface area contributed by atoms with Gasteiger partial charge >= 0.3 is 0 Å². The first-order valence-electron chi connectivity index (χ1n) is 10.5. The van der Waals surface area contributed by atoms with E-state index in [-0.39, 0.29) is 0 Å². The number of thiazole rings is 1. The van der Waals surface area contributed by atoms with Crippen molar-refractivity contribution < 1.29 is 4.74 Å². The predicted molar refractivity (Wildman–Crippen MR) is 140 cm³/mol. The van der Waals surface area contributed by atoms with Gasteiger partial charge in [-0.25, -0.2) is 4.98 Å². The highest BCUT2D eigenvalue weighted by atomic mass is 32.1. The molecule has 0 radical (unpaired) electrons. The molecule has 0 fully saturated rings. The molecule has 156 valence electrons. The van der Waals surface area contributed by atoms with Crippen LogP contribution in [-0.2, 0) is 0 Å². The normalized spacial score (nSPS) is 11.4. The van der Waals surface area contributed by atoms with E-state index in [2.05, 4.69) is 78.2 Å². The summed E-state index contributed by atoms with van der Waals surface area (Å²) in [5.41, 5.74) is 4.53. The van der Waals surface area contributed by atoms with Crippen LogP contribution in [0.15, 0.2) is 84.2 Å². The lowest BCUT2D eigenvalue weighted by atomic mass is 10.0. The molecule has 0 aliphatic carbocycles. The summed E-state index contributed by atoms with van der Waals surface area (Å²) in [5.74, 6) is 0. The second-order valence-corrected chi connectivity index (χ2v) is 10.3. The maximum Gasteiger partial charge on any atom is 0.183 e. The summed E-state index contributed by atoms with van der Waals surface area (Å²) in [7, 11) is 0. The Kier molecular flexibility index (Phi) is 5.02. The zero-order valence-electron chi connectivity index (χ0n) is 17.4. The number of nitrogens with zero attached hydrogens (tertiary/aromatic N) is 1. The molecule has 0 N–H and O–H groups in total. The van der Waals surface area contributed by atoms with Crippen LogP contribution in [0.25, 0.3) is 52.4 Å². The zero-order valence-corrected chi connectivity index (χ0v) is 19.8. The molecule has 6 rings (SSSR count). The van der Waals surface area contributed by atoms with E-state index in [1.165, 1.54) is 30.6 Å². The number of fused-ring (bicyclic) bond motifs is 2. The van der Waals surface area contributed by atoms with Crippen molar-refractivity contribution in [2.75, 3.05) is 6.61 Å².